The minimum atomic E-state index is -0.370. The van der Waals surface area contributed by atoms with Crippen molar-refractivity contribution in [1.82, 2.24) is 5.32 Å². The number of methoxy groups -OCH3 is 1. The van der Waals surface area contributed by atoms with Gasteiger partial charge >= 0.3 is 5.97 Å². The van der Waals surface area contributed by atoms with Crippen LogP contribution in [0, 0.1) is 6.92 Å². The number of ether oxygens (including phenoxy) is 1. The second-order valence-electron chi connectivity index (χ2n) is 6.51. The van der Waals surface area contributed by atoms with Crippen LogP contribution in [-0.4, -0.2) is 24.1 Å². The summed E-state index contributed by atoms with van der Waals surface area (Å²) < 4.78 is 4.95. The maximum atomic E-state index is 12.3. The van der Waals surface area contributed by atoms with Gasteiger partial charge in [-0.05, 0) is 61.5 Å². The molecule has 1 aliphatic rings. The fourth-order valence-corrected chi connectivity index (χ4v) is 4.82. The number of aryl methyl sites for hydroxylation is 2. The van der Waals surface area contributed by atoms with Crippen molar-refractivity contribution >= 4 is 45.5 Å². The highest BCUT2D eigenvalue weighted by molar-refractivity contribution is 7.80. The maximum absolute atomic E-state index is 12.3. The molecule has 0 aliphatic heterocycles. The third-order valence-corrected chi connectivity index (χ3v) is 6.06. The number of hydrogen-bond donors (Lipinski definition) is 2. The molecule has 0 unspecified atom stereocenters. The van der Waals surface area contributed by atoms with E-state index in [2.05, 4.69) is 10.6 Å². The molecule has 2 aromatic rings. The van der Waals surface area contributed by atoms with E-state index >= 15 is 0 Å². The number of esters is 1. The van der Waals surface area contributed by atoms with Crippen LogP contribution in [0.2, 0.25) is 0 Å². The summed E-state index contributed by atoms with van der Waals surface area (Å²) in [5.41, 5.74) is 3.62. The summed E-state index contributed by atoms with van der Waals surface area (Å²) in [6.07, 6.45) is 4.25. The Morgan fingerprint density at radius 2 is 1.96 bits per heavy atom. The zero-order valence-corrected chi connectivity index (χ0v) is 17.0. The number of carbonyl (C=O) groups is 2. The van der Waals surface area contributed by atoms with Crippen molar-refractivity contribution in [3.63, 3.8) is 0 Å². The van der Waals surface area contributed by atoms with E-state index < -0.39 is 0 Å². The molecule has 0 fully saturated rings. The van der Waals surface area contributed by atoms with Crippen molar-refractivity contribution in [2.75, 3.05) is 12.4 Å². The molecule has 0 radical (unpaired) electrons. The van der Waals surface area contributed by atoms with E-state index in [1.807, 2.05) is 31.2 Å². The van der Waals surface area contributed by atoms with Crippen LogP contribution in [0.4, 0.5) is 5.00 Å². The Bertz CT molecular complexity index is 889. The van der Waals surface area contributed by atoms with Crippen molar-refractivity contribution in [2.24, 2.45) is 0 Å². The number of nitrogens with one attached hydrogen (secondary N) is 2. The summed E-state index contributed by atoms with van der Waals surface area (Å²) in [6, 6.07) is 7.74. The Kier molecular flexibility index (Phi) is 6.23. The quantitative estimate of drug-likeness (QED) is 0.602. The smallest absolute Gasteiger partial charge is 0.341 e. The lowest BCUT2D eigenvalue weighted by molar-refractivity contribution is -0.119. The molecule has 1 heterocycles. The highest BCUT2D eigenvalue weighted by atomic mass is 32.1. The molecule has 0 saturated heterocycles. The number of benzene rings is 1. The van der Waals surface area contributed by atoms with Crippen molar-refractivity contribution in [2.45, 2.75) is 39.0 Å². The molecule has 0 bridgehead atoms. The van der Waals surface area contributed by atoms with E-state index in [-0.39, 0.29) is 23.4 Å². The molecular formula is C20H22N2O3S2. The van der Waals surface area contributed by atoms with Gasteiger partial charge < -0.3 is 15.4 Å². The highest BCUT2D eigenvalue weighted by Crippen LogP contribution is 2.38. The lowest BCUT2D eigenvalue weighted by Crippen LogP contribution is -2.35. The molecule has 1 aromatic heterocycles. The van der Waals surface area contributed by atoms with Crippen molar-refractivity contribution in [3.8, 4) is 0 Å². The first-order valence-electron chi connectivity index (χ1n) is 8.87. The lowest BCUT2D eigenvalue weighted by atomic mass is 9.95. The summed E-state index contributed by atoms with van der Waals surface area (Å²) in [6.45, 7) is 1.97. The second-order valence-corrected chi connectivity index (χ2v) is 8.03. The summed E-state index contributed by atoms with van der Waals surface area (Å²) >= 11 is 6.81. The van der Waals surface area contributed by atoms with Crippen LogP contribution < -0.4 is 10.6 Å². The first-order valence-corrected chi connectivity index (χ1v) is 10.1. The predicted octanol–water partition coefficient (Wildman–Crippen LogP) is 3.78. The Balaban J connectivity index is 1.70. The number of carbonyl (C=O) groups excluding carboxylic acids is 2. The van der Waals surface area contributed by atoms with Gasteiger partial charge in [0, 0.05) is 4.88 Å². The Morgan fingerprint density at radius 1 is 1.22 bits per heavy atom. The van der Waals surface area contributed by atoms with Crippen LogP contribution in [0.5, 0.6) is 0 Å². The second kappa shape index (κ2) is 8.63. The fourth-order valence-electron chi connectivity index (χ4n) is 3.26. The number of fused-ring (bicyclic) bond motifs is 1. The van der Waals surface area contributed by atoms with E-state index in [0.717, 1.165) is 42.4 Å². The third-order valence-electron chi connectivity index (χ3n) is 4.65. The molecule has 0 saturated carbocycles. The van der Waals surface area contributed by atoms with Gasteiger partial charge in [-0.1, -0.05) is 24.3 Å². The predicted molar refractivity (Wildman–Crippen MR) is 112 cm³/mol. The molecule has 2 N–H and O–H groups in total. The number of anilines is 1. The van der Waals surface area contributed by atoms with Gasteiger partial charge in [0.05, 0.1) is 19.1 Å². The van der Waals surface area contributed by atoms with Gasteiger partial charge in [-0.15, -0.1) is 11.3 Å². The van der Waals surface area contributed by atoms with Gasteiger partial charge in [-0.25, -0.2) is 4.79 Å². The molecule has 7 heteroatoms. The number of thiophene rings is 1. The van der Waals surface area contributed by atoms with Crippen molar-refractivity contribution < 1.29 is 14.3 Å². The first-order chi connectivity index (χ1) is 13.0. The number of rotatable bonds is 4. The summed E-state index contributed by atoms with van der Waals surface area (Å²) in [5, 5.41) is 6.58. The van der Waals surface area contributed by atoms with Gasteiger partial charge in [-0.2, -0.15) is 0 Å². The molecule has 27 heavy (non-hydrogen) atoms. The minimum Gasteiger partial charge on any atom is -0.465 e. The van der Waals surface area contributed by atoms with Crippen LogP contribution in [0.15, 0.2) is 24.3 Å². The Labute approximate surface area is 168 Å². The van der Waals surface area contributed by atoms with Crippen molar-refractivity contribution in [1.29, 1.82) is 0 Å². The third kappa shape index (κ3) is 4.54. The highest BCUT2D eigenvalue weighted by Gasteiger charge is 2.26. The molecule has 142 valence electrons. The van der Waals surface area contributed by atoms with Gasteiger partial charge in [0.25, 0.3) is 0 Å². The molecule has 5 nitrogen and oxygen atoms in total. The van der Waals surface area contributed by atoms with E-state index in [1.54, 1.807) is 0 Å². The van der Waals surface area contributed by atoms with E-state index in [4.69, 9.17) is 17.0 Å². The summed E-state index contributed by atoms with van der Waals surface area (Å²) in [4.78, 5) is 25.8. The summed E-state index contributed by atoms with van der Waals surface area (Å²) in [5.74, 6) is -0.561. The molecule has 1 amide bonds. The molecule has 1 aromatic carbocycles. The molecule has 0 spiro atoms. The number of hydrogen-bond acceptors (Lipinski definition) is 5. The average Bonchev–Trinajstić information content (AvgIpc) is 3.00. The average molecular weight is 403 g/mol. The Hall–Kier alpha value is -2.25. The zero-order valence-electron chi connectivity index (χ0n) is 15.4. The largest absolute Gasteiger partial charge is 0.465 e. The van der Waals surface area contributed by atoms with E-state index in [0.29, 0.717) is 10.6 Å². The molecule has 3 rings (SSSR count). The van der Waals surface area contributed by atoms with Crippen LogP contribution in [-0.2, 0) is 28.8 Å². The van der Waals surface area contributed by atoms with Gasteiger partial charge in [0.1, 0.15) is 5.00 Å². The van der Waals surface area contributed by atoms with E-state index in [9.17, 15) is 9.59 Å². The number of thiocarbonyl (C=S) groups is 1. The normalized spacial score (nSPS) is 12.8. The lowest BCUT2D eigenvalue weighted by Gasteiger charge is -2.12. The van der Waals surface area contributed by atoms with Gasteiger partial charge in [0.15, 0.2) is 5.11 Å². The number of amides is 1. The van der Waals surface area contributed by atoms with Crippen LogP contribution >= 0.6 is 23.6 Å². The topological polar surface area (TPSA) is 67.4 Å². The fraction of sp³-hybridized carbons (Fsp3) is 0.350. The van der Waals surface area contributed by atoms with Gasteiger partial charge in [-0.3, -0.25) is 4.79 Å². The minimum absolute atomic E-state index is 0.192. The standard InChI is InChI=1S/C20H22N2O3S2/c1-12-7-3-4-8-13(12)11-16(23)21-20(26)22-18-17(19(24)25-2)14-9-5-6-10-15(14)27-18/h3-4,7-8H,5-6,9-11H2,1-2H3,(H2,21,22,23,26). The maximum Gasteiger partial charge on any atom is 0.341 e. The molecular weight excluding hydrogens is 380 g/mol. The first kappa shape index (κ1) is 19.5. The van der Waals surface area contributed by atoms with Crippen molar-refractivity contribution in [3.05, 3.63) is 51.4 Å². The van der Waals surface area contributed by atoms with Crippen LogP contribution in [0.25, 0.3) is 0 Å². The summed E-state index contributed by atoms with van der Waals surface area (Å²) in [7, 11) is 1.38. The SMILES string of the molecule is COC(=O)c1c(NC(=S)NC(=O)Cc2ccccc2C)sc2c1CCCC2. The monoisotopic (exact) mass is 402 g/mol. The van der Waals surface area contributed by atoms with E-state index in [1.165, 1.54) is 23.3 Å². The van der Waals surface area contributed by atoms with Crippen LogP contribution in [0.1, 0.15) is 44.8 Å². The molecule has 1 aliphatic carbocycles. The van der Waals surface area contributed by atoms with Crippen LogP contribution in [0.3, 0.4) is 0 Å². The van der Waals surface area contributed by atoms with Gasteiger partial charge in [0.2, 0.25) is 5.91 Å². The molecule has 0 atom stereocenters. The Morgan fingerprint density at radius 3 is 2.70 bits per heavy atom. The zero-order chi connectivity index (χ0) is 19.4.